The Labute approximate surface area is 151 Å². The lowest BCUT2D eigenvalue weighted by atomic mass is 10.3. The van der Waals surface area contributed by atoms with E-state index >= 15 is 0 Å². The van der Waals surface area contributed by atoms with E-state index in [1.54, 1.807) is 30.3 Å². The third-order valence-corrected chi connectivity index (χ3v) is 4.62. The van der Waals surface area contributed by atoms with Gasteiger partial charge in [0.15, 0.2) is 5.76 Å². The van der Waals surface area contributed by atoms with Crippen molar-refractivity contribution < 1.29 is 9.21 Å². The second kappa shape index (κ2) is 7.16. The number of furan rings is 1. The normalized spacial score (nSPS) is 10.8. The van der Waals surface area contributed by atoms with Gasteiger partial charge in [0.1, 0.15) is 0 Å². The molecule has 24 heavy (non-hydrogen) atoms. The first-order valence-electron chi connectivity index (χ1n) is 6.66. The molecule has 124 valence electrons. The van der Waals surface area contributed by atoms with Crippen molar-refractivity contribution >= 4 is 46.6 Å². The largest absolute Gasteiger partial charge is 0.461 e. The standard InChI is InChI=1S/C14H11Cl2N5O2S/c15-9-4-3-8(6-10(9)16)18-12(22)7-24-14-20-19-13(21(14)17)11-2-1-5-23-11/h1-6H,7,17H2,(H,18,22). The highest BCUT2D eigenvalue weighted by atomic mass is 35.5. The molecule has 3 N–H and O–H groups in total. The van der Waals surface area contributed by atoms with Crippen molar-refractivity contribution in [2.75, 3.05) is 16.9 Å². The lowest BCUT2D eigenvalue weighted by Crippen LogP contribution is -2.16. The number of rotatable bonds is 5. The van der Waals surface area contributed by atoms with Gasteiger partial charge in [-0.15, -0.1) is 10.2 Å². The molecule has 0 aliphatic rings. The lowest BCUT2D eigenvalue weighted by molar-refractivity contribution is -0.113. The fourth-order valence-electron chi connectivity index (χ4n) is 1.85. The van der Waals surface area contributed by atoms with Crippen LogP contribution in [-0.2, 0) is 4.79 Å². The molecule has 7 nitrogen and oxygen atoms in total. The van der Waals surface area contributed by atoms with E-state index in [9.17, 15) is 4.79 Å². The molecule has 3 rings (SSSR count). The van der Waals surface area contributed by atoms with Crippen LogP contribution in [0.5, 0.6) is 0 Å². The molecule has 1 aromatic carbocycles. The summed E-state index contributed by atoms with van der Waals surface area (Å²) in [5.74, 6) is 6.67. The average molecular weight is 384 g/mol. The number of nitrogens with two attached hydrogens (primary N) is 1. The SMILES string of the molecule is Nn1c(SCC(=O)Nc2ccc(Cl)c(Cl)c2)nnc1-c1ccco1. The second-order valence-corrected chi connectivity index (χ2v) is 6.38. The van der Waals surface area contributed by atoms with Gasteiger partial charge in [0.25, 0.3) is 0 Å². The molecular weight excluding hydrogens is 373 g/mol. The first-order chi connectivity index (χ1) is 11.5. The molecule has 0 bridgehead atoms. The number of carbonyl (C=O) groups excluding carboxylic acids is 1. The summed E-state index contributed by atoms with van der Waals surface area (Å²) < 4.78 is 6.50. The zero-order valence-electron chi connectivity index (χ0n) is 12.1. The van der Waals surface area contributed by atoms with E-state index in [1.807, 2.05) is 0 Å². The van der Waals surface area contributed by atoms with Gasteiger partial charge in [0, 0.05) is 5.69 Å². The maximum atomic E-state index is 12.0. The minimum atomic E-state index is -0.235. The summed E-state index contributed by atoms with van der Waals surface area (Å²) in [5.41, 5.74) is 0.556. The highest BCUT2D eigenvalue weighted by molar-refractivity contribution is 7.99. The minimum absolute atomic E-state index is 0.105. The van der Waals surface area contributed by atoms with Gasteiger partial charge in [-0.1, -0.05) is 35.0 Å². The van der Waals surface area contributed by atoms with Crippen molar-refractivity contribution in [2.45, 2.75) is 5.16 Å². The Balaban J connectivity index is 1.61. The third kappa shape index (κ3) is 3.66. The quantitative estimate of drug-likeness (QED) is 0.517. The van der Waals surface area contributed by atoms with Gasteiger partial charge in [-0.3, -0.25) is 4.79 Å². The zero-order valence-corrected chi connectivity index (χ0v) is 14.4. The fraction of sp³-hybridized carbons (Fsp3) is 0.0714. The summed E-state index contributed by atoms with van der Waals surface area (Å²) in [4.78, 5) is 12.0. The van der Waals surface area contributed by atoms with Gasteiger partial charge in [-0.2, -0.15) is 0 Å². The Morgan fingerprint density at radius 1 is 1.29 bits per heavy atom. The van der Waals surface area contributed by atoms with Crippen LogP contribution >= 0.6 is 35.0 Å². The molecule has 0 spiro atoms. The number of hydrogen-bond acceptors (Lipinski definition) is 6. The van der Waals surface area contributed by atoms with Crippen molar-refractivity contribution in [1.29, 1.82) is 0 Å². The molecular formula is C14H11Cl2N5O2S. The summed E-state index contributed by atoms with van der Waals surface area (Å²) in [6, 6.07) is 8.29. The molecule has 0 radical (unpaired) electrons. The van der Waals surface area contributed by atoms with Crippen LogP contribution in [0.15, 0.2) is 46.2 Å². The summed E-state index contributed by atoms with van der Waals surface area (Å²) in [6.07, 6.45) is 1.52. The molecule has 1 amide bonds. The van der Waals surface area contributed by atoms with Gasteiger partial charge in [0.2, 0.25) is 16.9 Å². The van der Waals surface area contributed by atoms with Crippen LogP contribution in [0.1, 0.15) is 0 Å². The summed E-state index contributed by atoms with van der Waals surface area (Å²) in [6.45, 7) is 0. The molecule has 2 heterocycles. The van der Waals surface area contributed by atoms with Crippen LogP contribution in [0.4, 0.5) is 5.69 Å². The van der Waals surface area contributed by atoms with Crippen LogP contribution < -0.4 is 11.2 Å². The number of aromatic nitrogens is 3. The number of amides is 1. The number of carbonyl (C=O) groups is 1. The number of anilines is 1. The molecule has 0 unspecified atom stereocenters. The van der Waals surface area contributed by atoms with E-state index in [0.29, 0.717) is 32.5 Å². The fourth-order valence-corrected chi connectivity index (χ4v) is 2.80. The predicted octanol–water partition coefficient (Wildman–Crippen LogP) is 3.29. The summed E-state index contributed by atoms with van der Waals surface area (Å²) in [5, 5.41) is 11.8. The molecule has 2 aromatic heterocycles. The van der Waals surface area contributed by atoms with Gasteiger partial charge in [0.05, 0.1) is 22.1 Å². The molecule has 3 aromatic rings. The topological polar surface area (TPSA) is 99.0 Å². The Hall–Kier alpha value is -2.16. The Morgan fingerprint density at radius 2 is 2.12 bits per heavy atom. The van der Waals surface area contributed by atoms with E-state index < -0.39 is 0 Å². The number of benzene rings is 1. The lowest BCUT2D eigenvalue weighted by Gasteiger charge is -2.06. The second-order valence-electron chi connectivity index (χ2n) is 4.62. The molecule has 10 heteroatoms. The van der Waals surface area contributed by atoms with Crippen molar-refractivity contribution in [2.24, 2.45) is 0 Å². The minimum Gasteiger partial charge on any atom is -0.461 e. The first-order valence-corrected chi connectivity index (χ1v) is 8.41. The number of hydrogen-bond donors (Lipinski definition) is 2. The van der Waals surface area contributed by atoms with Crippen molar-refractivity contribution in [3.05, 3.63) is 46.6 Å². The van der Waals surface area contributed by atoms with Crippen molar-refractivity contribution in [3.63, 3.8) is 0 Å². The Morgan fingerprint density at radius 3 is 2.83 bits per heavy atom. The summed E-state index contributed by atoms with van der Waals surface area (Å²) in [7, 11) is 0. The van der Waals surface area contributed by atoms with Gasteiger partial charge in [-0.05, 0) is 30.3 Å². The third-order valence-electron chi connectivity index (χ3n) is 2.94. The van der Waals surface area contributed by atoms with E-state index in [0.717, 1.165) is 11.8 Å². The molecule has 0 aliphatic carbocycles. The van der Waals surface area contributed by atoms with Gasteiger partial charge >= 0.3 is 0 Å². The summed E-state index contributed by atoms with van der Waals surface area (Å²) >= 11 is 12.9. The van der Waals surface area contributed by atoms with Crippen molar-refractivity contribution in [3.8, 4) is 11.6 Å². The first kappa shape index (κ1) is 16.7. The molecule has 0 atom stereocenters. The van der Waals surface area contributed by atoms with Gasteiger partial charge in [-0.25, -0.2) is 4.68 Å². The molecule has 0 aliphatic heterocycles. The number of nitrogens with zero attached hydrogens (tertiary/aromatic N) is 3. The van der Waals surface area contributed by atoms with E-state index in [1.165, 1.54) is 10.9 Å². The average Bonchev–Trinajstić information content (AvgIpc) is 3.19. The van der Waals surface area contributed by atoms with Crippen molar-refractivity contribution in [1.82, 2.24) is 14.9 Å². The molecule has 0 fully saturated rings. The highest BCUT2D eigenvalue weighted by Gasteiger charge is 2.15. The Bertz CT molecular complexity index is 866. The van der Waals surface area contributed by atoms with Crippen LogP contribution in [0.25, 0.3) is 11.6 Å². The van der Waals surface area contributed by atoms with E-state index in [2.05, 4.69) is 15.5 Å². The molecule has 0 saturated heterocycles. The number of halogens is 2. The maximum Gasteiger partial charge on any atom is 0.234 e. The van der Waals surface area contributed by atoms with E-state index in [-0.39, 0.29) is 11.7 Å². The van der Waals surface area contributed by atoms with E-state index in [4.69, 9.17) is 33.5 Å². The van der Waals surface area contributed by atoms with Crippen LogP contribution in [0.3, 0.4) is 0 Å². The van der Waals surface area contributed by atoms with Gasteiger partial charge < -0.3 is 15.6 Å². The van der Waals surface area contributed by atoms with Crippen LogP contribution in [-0.4, -0.2) is 26.5 Å². The number of nitrogen functional groups attached to an aromatic ring is 1. The molecule has 0 saturated carbocycles. The van der Waals surface area contributed by atoms with Crippen LogP contribution in [0, 0.1) is 0 Å². The predicted molar refractivity (Wildman–Crippen MR) is 93.7 cm³/mol. The van der Waals surface area contributed by atoms with Crippen LogP contribution in [0.2, 0.25) is 10.0 Å². The highest BCUT2D eigenvalue weighted by Crippen LogP contribution is 2.25. The smallest absolute Gasteiger partial charge is 0.234 e. The monoisotopic (exact) mass is 383 g/mol. The maximum absolute atomic E-state index is 12.0. The Kier molecular flexibility index (Phi) is 4.98. The number of nitrogens with one attached hydrogen (secondary N) is 1. The number of thioether (sulfide) groups is 1. The zero-order chi connectivity index (χ0) is 17.1.